The van der Waals surface area contributed by atoms with Gasteiger partial charge in [-0.15, -0.1) is 22.7 Å². The molecular formula is C15H20N2OS3. The normalized spacial score (nSPS) is 25.0. The van der Waals surface area contributed by atoms with Crippen molar-refractivity contribution in [1.82, 2.24) is 10.3 Å². The van der Waals surface area contributed by atoms with Gasteiger partial charge in [-0.3, -0.25) is 0 Å². The van der Waals surface area contributed by atoms with Crippen molar-refractivity contribution in [2.75, 3.05) is 12.3 Å². The highest BCUT2D eigenvalue weighted by Gasteiger charge is 2.44. The van der Waals surface area contributed by atoms with Crippen molar-refractivity contribution in [3.8, 4) is 9.88 Å². The van der Waals surface area contributed by atoms with Gasteiger partial charge in [0.1, 0.15) is 5.01 Å². The Morgan fingerprint density at radius 1 is 1.57 bits per heavy atom. The van der Waals surface area contributed by atoms with Crippen LogP contribution in [0, 0.1) is 0 Å². The standard InChI is InChI=1S/C15H20N2OS3/c1-2-19-13-5-6-15(13,18)10-16-8-11-9-17-14(21-11)12-4-3-7-20-12/h3-4,7,9,13,16,18H,2,5-6,8,10H2,1H3/t13-,15+/m1/s1. The van der Waals surface area contributed by atoms with E-state index in [9.17, 15) is 5.11 Å². The first-order valence-electron chi connectivity index (χ1n) is 7.24. The van der Waals surface area contributed by atoms with Crippen LogP contribution in [0.25, 0.3) is 9.88 Å². The summed E-state index contributed by atoms with van der Waals surface area (Å²) in [6.45, 7) is 3.62. The highest BCUT2D eigenvalue weighted by atomic mass is 32.2. The third kappa shape index (κ3) is 3.51. The Balaban J connectivity index is 1.50. The van der Waals surface area contributed by atoms with Gasteiger partial charge in [-0.2, -0.15) is 11.8 Å². The maximum Gasteiger partial charge on any atom is 0.133 e. The second kappa shape index (κ2) is 6.79. The molecule has 1 aliphatic carbocycles. The van der Waals surface area contributed by atoms with Crippen LogP contribution in [0.5, 0.6) is 0 Å². The number of thiophene rings is 1. The third-order valence-electron chi connectivity index (χ3n) is 3.82. The van der Waals surface area contributed by atoms with Crippen molar-refractivity contribution in [2.24, 2.45) is 0 Å². The highest BCUT2D eigenvalue weighted by Crippen LogP contribution is 2.40. The van der Waals surface area contributed by atoms with E-state index in [2.05, 4.69) is 34.7 Å². The van der Waals surface area contributed by atoms with Crippen molar-refractivity contribution in [3.63, 3.8) is 0 Å². The molecule has 3 rings (SSSR count). The van der Waals surface area contributed by atoms with Crippen molar-refractivity contribution >= 4 is 34.4 Å². The van der Waals surface area contributed by atoms with E-state index in [1.807, 2.05) is 18.0 Å². The number of thiazole rings is 1. The molecule has 0 saturated heterocycles. The summed E-state index contributed by atoms with van der Waals surface area (Å²) in [5.41, 5.74) is -0.512. The Bertz CT molecular complexity index is 569. The smallest absolute Gasteiger partial charge is 0.133 e. The van der Waals surface area contributed by atoms with Crippen LogP contribution < -0.4 is 5.32 Å². The molecule has 2 atom stereocenters. The summed E-state index contributed by atoms with van der Waals surface area (Å²) in [6, 6.07) is 4.15. The molecule has 2 heterocycles. The predicted octanol–water partition coefficient (Wildman–Crippen LogP) is 3.61. The molecule has 0 radical (unpaired) electrons. The van der Waals surface area contributed by atoms with Gasteiger partial charge in [0.2, 0.25) is 0 Å². The van der Waals surface area contributed by atoms with E-state index >= 15 is 0 Å². The SMILES string of the molecule is CCS[C@@H]1CC[C@]1(O)CNCc1cnc(-c2cccs2)s1. The largest absolute Gasteiger partial charge is 0.387 e. The Kier molecular flexibility index (Phi) is 5.01. The van der Waals surface area contributed by atoms with Crippen molar-refractivity contribution in [1.29, 1.82) is 0 Å². The van der Waals surface area contributed by atoms with Crippen LogP contribution in [-0.4, -0.2) is 33.2 Å². The maximum atomic E-state index is 10.5. The van der Waals surface area contributed by atoms with Gasteiger partial charge in [-0.1, -0.05) is 13.0 Å². The molecule has 0 aliphatic heterocycles. The highest BCUT2D eigenvalue weighted by molar-refractivity contribution is 8.00. The molecule has 1 saturated carbocycles. The van der Waals surface area contributed by atoms with Gasteiger partial charge >= 0.3 is 0 Å². The molecule has 0 amide bonds. The lowest BCUT2D eigenvalue weighted by molar-refractivity contribution is -0.0234. The number of aromatic nitrogens is 1. The molecule has 114 valence electrons. The van der Waals surface area contributed by atoms with Gasteiger partial charge in [0.15, 0.2) is 0 Å². The number of aliphatic hydroxyl groups is 1. The molecule has 0 aromatic carbocycles. The van der Waals surface area contributed by atoms with E-state index in [1.165, 1.54) is 9.75 Å². The van der Waals surface area contributed by atoms with Crippen LogP contribution in [0.4, 0.5) is 0 Å². The average Bonchev–Trinajstić information content (AvgIpc) is 3.14. The minimum absolute atomic E-state index is 0.401. The molecule has 1 fully saturated rings. The van der Waals surface area contributed by atoms with E-state index in [-0.39, 0.29) is 0 Å². The zero-order chi connectivity index (χ0) is 14.7. The molecule has 0 unspecified atom stereocenters. The number of rotatable bonds is 7. The monoisotopic (exact) mass is 340 g/mol. The van der Waals surface area contributed by atoms with Crippen LogP contribution in [0.3, 0.4) is 0 Å². The van der Waals surface area contributed by atoms with Gasteiger partial charge in [-0.05, 0) is 30.0 Å². The topological polar surface area (TPSA) is 45.1 Å². The van der Waals surface area contributed by atoms with E-state index in [1.54, 1.807) is 22.7 Å². The van der Waals surface area contributed by atoms with Crippen LogP contribution in [0.2, 0.25) is 0 Å². The summed E-state index contributed by atoms with van der Waals surface area (Å²) < 4.78 is 0. The molecule has 6 heteroatoms. The molecule has 21 heavy (non-hydrogen) atoms. The minimum atomic E-state index is -0.512. The molecule has 2 aromatic rings. The Morgan fingerprint density at radius 2 is 2.48 bits per heavy atom. The fourth-order valence-corrected chi connectivity index (χ4v) is 5.43. The summed E-state index contributed by atoms with van der Waals surface area (Å²) >= 11 is 5.32. The van der Waals surface area contributed by atoms with E-state index in [0.29, 0.717) is 11.8 Å². The fourth-order valence-electron chi connectivity index (χ4n) is 2.54. The van der Waals surface area contributed by atoms with E-state index in [4.69, 9.17) is 0 Å². The molecular weight excluding hydrogens is 320 g/mol. The van der Waals surface area contributed by atoms with Crippen LogP contribution >= 0.6 is 34.4 Å². The Labute approximate surface area is 137 Å². The molecule has 3 nitrogen and oxygen atoms in total. The predicted molar refractivity (Wildman–Crippen MR) is 93.2 cm³/mol. The van der Waals surface area contributed by atoms with E-state index in [0.717, 1.165) is 30.1 Å². The van der Waals surface area contributed by atoms with Gasteiger partial charge in [0.25, 0.3) is 0 Å². The molecule has 2 aromatic heterocycles. The first-order chi connectivity index (χ1) is 10.2. The second-order valence-electron chi connectivity index (χ2n) is 5.30. The van der Waals surface area contributed by atoms with Gasteiger partial charge in [0.05, 0.1) is 10.5 Å². The third-order valence-corrected chi connectivity index (χ3v) is 7.27. The van der Waals surface area contributed by atoms with Crippen LogP contribution in [-0.2, 0) is 6.54 Å². The first-order valence-corrected chi connectivity index (χ1v) is 9.99. The number of thioether (sulfide) groups is 1. The van der Waals surface area contributed by atoms with Crippen LogP contribution in [0.1, 0.15) is 24.6 Å². The zero-order valence-corrected chi connectivity index (χ0v) is 14.5. The van der Waals surface area contributed by atoms with Gasteiger partial charge < -0.3 is 10.4 Å². The van der Waals surface area contributed by atoms with Crippen molar-refractivity contribution < 1.29 is 5.11 Å². The number of hydrogen-bond acceptors (Lipinski definition) is 6. The summed E-state index contributed by atoms with van der Waals surface area (Å²) in [7, 11) is 0. The summed E-state index contributed by atoms with van der Waals surface area (Å²) in [5, 5.41) is 17.5. The number of nitrogens with zero attached hydrogens (tertiary/aromatic N) is 1. The lowest BCUT2D eigenvalue weighted by Crippen LogP contribution is -2.56. The van der Waals surface area contributed by atoms with Gasteiger partial charge in [0, 0.05) is 29.4 Å². The summed E-state index contributed by atoms with van der Waals surface area (Å²) in [5.74, 6) is 1.08. The lowest BCUT2D eigenvalue weighted by Gasteiger charge is -2.45. The minimum Gasteiger partial charge on any atom is -0.387 e. The molecule has 0 bridgehead atoms. The number of hydrogen-bond donors (Lipinski definition) is 2. The zero-order valence-electron chi connectivity index (χ0n) is 12.0. The Morgan fingerprint density at radius 3 is 3.14 bits per heavy atom. The molecule has 1 aliphatic rings. The second-order valence-corrected chi connectivity index (χ2v) is 8.84. The average molecular weight is 341 g/mol. The lowest BCUT2D eigenvalue weighted by atomic mass is 9.79. The summed E-state index contributed by atoms with van der Waals surface area (Å²) in [4.78, 5) is 6.92. The maximum absolute atomic E-state index is 10.5. The number of nitrogens with one attached hydrogen (secondary N) is 1. The summed E-state index contributed by atoms with van der Waals surface area (Å²) in [6.07, 6.45) is 4.00. The van der Waals surface area contributed by atoms with Crippen molar-refractivity contribution in [3.05, 3.63) is 28.6 Å². The fraction of sp³-hybridized carbons (Fsp3) is 0.533. The van der Waals surface area contributed by atoms with Gasteiger partial charge in [-0.25, -0.2) is 4.98 Å². The Hall–Kier alpha value is -0.400. The first kappa shape index (κ1) is 15.5. The van der Waals surface area contributed by atoms with Crippen molar-refractivity contribution in [2.45, 2.75) is 37.2 Å². The van der Waals surface area contributed by atoms with Crippen LogP contribution in [0.15, 0.2) is 23.7 Å². The molecule has 2 N–H and O–H groups in total. The van der Waals surface area contributed by atoms with E-state index < -0.39 is 5.60 Å². The molecule has 0 spiro atoms. The quantitative estimate of drug-likeness (QED) is 0.808.